The molecule has 0 amide bonds. The number of nitrogens with two attached hydrogens (primary N) is 1. The summed E-state index contributed by atoms with van der Waals surface area (Å²) in [5, 5.41) is 10.8. The monoisotopic (exact) mass is 272 g/mol. The third kappa shape index (κ3) is 2.95. The van der Waals surface area contributed by atoms with Gasteiger partial charge in [0.15, 0.2) is 0 Å². The van der Waals surface area contributed by atoms with Gasteiger partial charge in [-0.3, -0.25) is 10.1 Å². The predicted octanol–water partition coefficient (Wildman–Crippen LogP) is 3.72. The number of para-hydroxylation sites is 1. The molecule has 1 unspecified atom stereocenters. The molecule has 0 aromatic heterocycles. The van der Waals surface area contributed by atoms with Crippen molar-refractivity contribution in [1.82, 2.24) is 0 Å². The van der Waals surface area contributed by atoms with Crippen LogP contribution in [0.15, 0.2) is 42.5 Å². The Hall–Kier alpha value is -2.40. The van der Waals surface area contributed by atoms with Crippen molar-refractivity contribution in [2.75, 3.05) is 0 Å². The van der Waals surface area contributed by atoms with Crippen molar-refractivity contribution < 1.29 is 9.66 Å². The summed E-state index contributed by atoms with van der Waals surface area (Å²) >= 11 is 0. The molecule has 104 valence electrons. The molecule has 0 fully saturated rings. The van der Waals surface area contributed by atoms with Gasteiger partial charge in [0, 0.05) is 17.7 Å². The number of hydrogen-bond donors (Lipinski definition) is 1. The summed E-state index contributed by atoms with van der Waals surface area (Å²) in [6, 6.07) is 11.8. The molecule has 0 aliphatic rings. The van der Waals surface area contributed by atoms with E-state index in [1.165, 1.54) is 12.1 Å². The maximum atomic E-state index is 10.8. The summed E-state index contributed by atoms with van der Waals surface area (Å²) < 4.78 is 5.81. The zero-order chi connectivity index (χ0) is 14.7. The second-order valence-electron chi connectivity index (χ2n) is 4.64. The number of benzene rings is 2. The Bertz CT molecular complexity index is 639. The molecular formula is C15H16N2O3. The van der Waals surface area contributed by atoms with Crippen LogP contribution >= 0.6 is 0 Å². The Labute approximate surface area is 117 Å². The molecule has 0 heterocycles. The van der Waals surface area contributed by atoms with Gasteiger partial charge < -0.3 is 10.5 Å². The average molecular weight is 272 g/mol. The van der Waals surface area contributed by atoms with E-state index in [9.17, 15) is 10.1 Å². The van der Waals surface area contributed by atoms with Gasteiger partial charge in [0.2, 0.25) is 0 Å². The summed E-state index contributed by atoms with van der Waals surface area (Å²) in [6.45, 7) is 3.70. The van der Waals surface area contributed by atoms with Crippen LogP contribution in [0, 0.1) is 17.0 Å². The lowest BCUT2D eigenvalue weighted by atomic mass is 10.1. The first-order valence-electron chi connectivity index (χ1n) is 6.26. The molecule has 2 N–H and O–H groups in total. The lowest BCUT2D eigenvalue weighted by Crippen LogP contribution is -2.06. The second kappa shape index (κ2) is 5.71. The van der Waals surface area contributed by atoms with Gasteiger partial charge in [-0.1, -0.05) is 18.2 Å². The second-order valence-corrected chi connectivity index (χ2v) is 4.64. The molecule has 0 spiro atoms. The van der Waals surface area contributed by atoms with E-state index in [1.807, 2.05) is 32.0 Å². The Morgan fingerprint density at radius 3 is 2.55 bits per heavy atom. The molecule has 2 aromatic rings. The molecule has 0 bridgehead atoms. The number of hydrogen-bond acceptors (Lipinski definition) is 4. The number of ether oxygens (including phenoxy) is 1. The van der Waals surface area contributed by atoms with Crippen molar-refractivity contribution in [2.45, 2.75) is 19.9 Å². The van der Waals surface area contributed by atoms with Gasteiger partial charge in [-0.25, -0.2) is 0 Å². The first-order valence-corrected chi connectivity index (χ1v) is 6.26. The number of nitro groups is 1. The largest absolute Gasteiger partial charge is 0.456 e. The quantitative estimate of drug-likeness (QED) is 0.679. The van der Waals surface area contributed by atoms with Gasteiger partial charge in [-0.2, -0.15) is 0 Å². The van der Waals surface area contributed by atoms with Gasteiger partial charge in [-0.05, 0) is 31.5 Å². The van der Waals surface area contributed by atoms with E-state index in [0.29, 0.717) is 11.5 Å². The summed E-state index contributed by atoms with van der Waals surface area (Å²) in [7, 11) is 0. The minimum absolute atomic E-state index is 0.00359. The van der Waals surface area contributed by atoms with Crippen LogP contribution in [-0.2, 0) is 0 Å². The van der Waals surface area contributed by atoms with Crippen molar-refractivity contribution in [3.8, 4) is 11.5 Å². The number of non-ortho nitro benzene ring substituents is 1. The van der Waals surface area contributed by atoms with Crippen LogP contribution < -0.4 is 10.5 Å². The highest BCUT2D eigenvalue weighted by molar-refractivity contribution is 5.47. The lowest BCUT2D eigenvalue weighted by molar-refractivity contribution is -0.384. The molecule has 5 heteroatoms. The van der Waals surface area contributed by atoms with E-state index < -0.39 is 4.92 Å². The van der Waals surface area contributed by atoms with Gasteiger partial charge in [0.1, 0.15) is 11.5 Å². The Morgan fingerprint density at radius 1 is 1.20 bits per heavy atom. The Balaban J connectivity index is 2.40. The van der Waals surface area contributed by atoms with Gasteiger partial charge in [-0.15, -0.1) is 0 Å². The van der Waals surface area contributed by atoms with Crippen LogP contribution in [0.1, 0.15) is 24.1 Å². The van der Waals surface area contributed by atoms with Gasteiger partial charge >= 0.3 is 0 Å². The molecule has 2 aromatic carbocycles. The van der Waals surface area contributed by atoms with Crippen molar-refractivity contribution in [3.63, 3.8) is 0 Å². The molecule has 1 atom stereocenters. The predicted molar refractivity (Wildman–Crippen MR) is 77.0 cm³/mol. The van der Waals surface area contributed by atoms with Crippen LogP contribution in [0.25, 0.3) is 0 Å². The standard InChI is InChI=1S/C15H16N2O3/c1-10-7-8-12(17(18)19)9-15(10)20-14-6-4-3-5-13(14)11(2)16/h3-9,11H,16H2,1-2H3. The van der Waals surface area contributed by atoms with Gasteiger partial charge in [0.25, 0.3) is 5.69 Å². The van der Waals surface area contributed by atoms with Crippen molar-refractivity contribution in [1.29, 1.82) is 0 Å². The van der Waals surface area contributed by atoms with Gasteiger partial charge in [0.05, 0.1) is 11.0 Å². The number of nitro benzene ring substituents is 1. The highest BCUT2D eigenvalue weighted by Gasteiger charge is 2.13. The molecule has 0 saturated carbocycles. The van der Waals surface area contributed by atoms with E-state index in [-0.39, 0.29) is 11.7 Å². The van der Waals surface area contributed by atoms with Crippen LogP contribution in [0.3, 0.4) is 0 Å². The molecule has 0 aliphatic carbocycles. The molecule has 0 aliphatic heterocycles. The van der Waals surface area contributed by atoms with E-state index in [2.05, 4.69) is 0 Å². The van der Waals surface area contributed by atoms with Crippen molar-refractivity contribution >= 4 is 5.69 Å². The maximum Gasteiger partial charge on any atom is 0.273 e. The fourth-order valence-electron chi connectivity index (χ4n) is 1.88. The fraction of sp³-hybridized carbons (Fsp3) is 0.200. The summed E-state index contributed by atoms with van der Waals surface area (Å²) in [4.78, 5) is 10.4. The Morgan fingerprint density at radius 2 is 1.90 bits per heavy atom. The lowest BCUT2D eigenvalue weighted by Gasteiger charge is -2.14. The van der Waals surface area contributed by atoms with E-state index >= 15 is 0 Å². The zero-order valence-corrected chi connectivity index (χ0v) is 11.4. The minimum atomic E-state index is -0.441. The van der Waals surface area contributed by atoms with Crippen LogP contribution in [-0.4, -0.2) is 4.92 Å². The highest BCUT2D eigenvalue weighted by atomic mass is 16.6. The summed E-state index contributed by atoms with van der Waals surface area (Å²) in [5.41, 5.74) is 7.59. The minimum Gasteiger partial charge on any atom is -0.456 e. The van der Waals surface area contributed by atoms with Crippen LogP contribution in [0.2, 0.25) is 0 Å². The van der Waals surface area contributed by atoms with E-state index in [1.54, 1.807) is 12.1 Å². The number of rotatable bonds is 4. The first kappa shape index (κ1) is 14.0. The molecule has 20 heavy (non-hydrogen) atoms. The molecule has 5 nitrogen and oxygen atoms in total. The summed E-state index contributed by atoms with van der Waals surface area (Å²) in [5.74, 6) is 1.08. The van der Waals surface area contributed by atoms with E-state index in [4.69, 9.17) is 10.5 Å². The topological polar surface area (TPSA) is 78.4 Å². The fourth-order valence-corrected chi connectivity index (χ4v) is 1.88. The average Bonchev–Trinajstić information content (AvgIpc) is 2.41. The smallest absolute Gasteiger partial charge is 0.273 e. The zero-order valence-electron chi connectivity index (χ0n) is 11.4. The first-order chi connectivity index (χ1) is 9.49. The summed E-state index contributed by atoms with van der Waals surface area (Å²) in [6.07, 6.45) is 0. The molecule has 0 radical (unpaired) electrons. The highest BCUT2D eigenvalue weighted by Crippen LogP contribution is 2.32. The number of aryl methyl sites for hydroxylation is 1. The Kier molecular flexibility index (Phi) is 4.00. The third-order valence-corrected chi connectivity index (χ3v) is 3.01. The molecule has 0 saturated heterocycles. The third-order valence-electron chi connectivity index (χ3n) is 3.01. The normalized spacial score (nSPS) is 11.9. The van der Waals surface area contributed by atoms with E-state index in [0.717, 1.165) is 11.1 Å². The maximum absolute atomic E-state index is 10.8. The molecular weight excluding hydrogens is 256 g/mol. The SMILES string of the molecule is Cc1ccc([N+](=O)[O-])cc1Oc1ccccc1C(C)N. The van der Waals surface area contributed by atoms with Crippen LogP contribution in [0.5, 0.6) is 11.5 Å². The van der Waals surface area contributed by atoms with Crippen molar-refractivity contribution in [2.24, 2.45) is 5.73 Å². The van der Waals surface area contributed by atoms with Crippen molar-refractivity contribution in [3.05, 3.63) is 63.7 Å². The van der Waals surface area contributed by atoms with Crippen LogP contribution in [0.4, 0.5) is 5.69 Å². The number of nitrogens with zero attached hydrogens (tertiary/aromatic N) is 1. The molecule has 2 rings (SSSR count).